The van der Waals surface area contributed by atoms with Crippen LogP contribution in [0, 0.1) is 17.3 Å². The van der Waals surface area contributed by atoms with Crippen LogP contribution in [0.25, 0.3) is 0 Å². The average molecular weight is 292 g/mol. The summed E-state index contributed by atoms with van der Waals surface area (Å²) in [6, 6.07) is 0.462. The maximum absolute atomic E-state index is 13.3. The molecule has 21 heavy (non-hydrogen) atoms. The van der Waals surface area contributed by atoms with Gasteiger partial charge in [-0.05, 0) is 38.0 Å². The van der Waals surface area contributed by atoms with E-state index in [0.717, 1.165) is 31.9 Å². The van der Waals surface area contributed by atoms with Gasteiger partial charge >= 0.3 is 0 Å². The van der Waals surface area contributed by atoms with Crippen LogP contribution in [0.15, 0.2) is 0 Å². The van der Waals surface area contributed by atoms with Crippen molar-refractivity contribution >= 4 is 5.91 Å². The number of piperidine rings is 1. The Morgan fingerprint density at radius 2 is 1.95 bits per heavy atom. The molecule has 2 heterocycles. The van der Waals surface area contributed by atoms with E-state index in [-0.39, 0.29) is 23.3 Å². The average Bonchev–Trinajstić information content (AvgIpc) is 3.12. The zero-order valence-corrected chi connectivity index (χ0v) is 13.3. The number of likely N-dealkylation sites (tertiary alicyclic amines) is 1. The van der Waals surface area contributed by atoms with Crippen LogP contribution in [0.5, 0.6) is 0 Å². The first-order valence-corrected chi connectivity index (χ1v) is 8.69. The molecule has 4 heteroatoms. The van der Waals surface area contributed by atoms with Crippen LogP contribution < -0.4 is 5.73 Å². The minimum atomic E-state index is -0.710. The molecule has 2 saturated heterocycles. The summed E-state index contributed by atoms with van der Waals surface area (Å²) < 4.78 is 5.84. The summed E-state index contributed by atoms with van der Waals surface area (Å²) in [5.74, 6) is 1.17. The van der Waals surface area contributed by atoms with Gasteiger partial charge in [0.25, 0.3) is 0 Å². The van der Waals surface area contributed by atoms with E-state index < -0.39 is 5.54 Å². The summed E-state index contributed by atoms with van der Waals surface area (Å²) in [7, 11) is 0. The number of nitrogens with two attached hydrogens (primary N) is 1. The lowest BCUT2D eigenvalue weighted by molar-refractivity contribution is -0.187. The summed E-state index contributed by atoms with van der Waals surface area (Å²) in [5.41, 5.74) is 5.80. The second-order valence-corrected chi connectivity index (χ2v) is 8.18. The SMILES string of the molecule is CC1(C)C2OCCC2C1(N)C(=O)N1CCCC2CCCC21. The molecular formula is C17H28N2O2. The summed E-state index contributed by atoms with van der Waals surface area (Å²) in [6.45, 7) is 5.91. The number of fused-ring (bicyclic) bond motifs is 2. The maximum Gasteiger partial charge on any atom is 0.243 e. The molecule has 0 radical (unpaired) electrons. The Morgan fingerprint density at radius 1 is 1.19 bits per heavy atom. The molecule has 1 amide bonds. The third-order valence-corrected chi connectivity index (χ3v) is 7.06. The van der Waals surface area contributed by atoms with E-state index in [1.165, 1.54) is 25.7 Å². The second-order valence-electron chi connectivity index (χ2n) is 8.18. The summed E-state index contributed by atoms with van der Waals surface area (Å²) in [6.07, 6.45) is 7.31. The van der Waals surface area contributed by atoms with Crippen molar-refractivity contribution in [3.8, 4) is 0 Å². The summed E-state index contributed by atoms with van der Waals surface area (Å²) in [5, 5.41) is 0. The van der Waals surface area contributed by atoms with E-state index in [1.54, 1.807) is 0 Å². The van der Waals surface area contributed by atoms with Crippen molar-refractivity contribution in [1.29, 1.82) is 0 Å². The molecule has 0 aromatic heterocycles. The lowest BCUT2D eigenvalue weighted by Gasteiger charge is -2.62. The molecule has 0 aromatic rings. The van der Waals surface area contributed by atoms with Crippen molar-refractivity contribution in [2.45, 2.75) is 70.1 Å². The fraction of sp³-hybridized carbons (Fsp3) is 0.941. The fourth-order valence-corrected chi connectivity index (χ4v) is 5.76. The van der Waals surface area contributed by atoms with Gasteiger partial charge in [0.1, 0.15) is 5.54 Å². The van der Waals surface area contributed by atoms with E-state index in [9.17, 15) is 4.79 Å². The van der Waals surface area contributed by atoms with Gasteiger partial charge in [-0.3, -0.25) is 4.79 Å². The molecule has 4 nitrogen and oxygen atoms in total. The van der Waals surface area contributed by atoms with E-state index in [2.05, 4.69) is 18.7 Å². The van der Waals surface area contributed by atoms with Gasteiger partial charge in [0.2, 0.25) is 5.91 Å². The van der Waals surface area contributed by atoms with Crippen LogP contribution >= 0.6 is 0 Å². The number of carbonyl (C=O) groups excluding carboxylic acids is 1. The van der Waals surface area contributed by atoms with Crippen LogP contribution in [0.3, 0.4) is 0 Å². The number of nitrogens with zero attached hydrogens (tertiary/aromatic N) is 1. The fourth-order valence-electron chi connectivity index (χ4n) is 5.76. The molecule has 4 fully saturated rings. The molecule has 2 aliphatic carbocycles. The predicted octanol–water partition coefficient (Wildman–Crippen LogP) is 1.92. The highest BCUT2D eigenvalue weighted by molar-refractivity contribution is 5.90. The van der Waals surface area contributed by atoms with Gasteiger partial charge in [-0.1, -0.05) is 20.3 Å². The number of carbonyl (C=O) groups is 1. The topological polar surface area (TPSA) is 55.6 Å². The molecule has 5 unspecified atom stereocenters. The van der Waals surface area contributed by atoms with Gasteiger partial charge in [0.15, 0.2) is 0 Å². The smallest absolute Gasteiger partial charge is 0.243 e. The number of amides is 1. The van der Waals surface area contributed by atoms with E-state index in [1.807, 2.05) is 0 Å². The highest BCUT2D eigenvalue weighted by atomic mass is 16.5. The molecule has 0 spiro atoms. The van der Waals surface area contributed by atoms with Crippen molar-refractivity contribution in [2.75, 3.05) is 13.2 Å². The molecule has 4 aliphatic rings. The zero-order chi connectivity index (χ0) is 14.8. The molecule has 5 atom stereocenters. The molecule has 2 aliphatic heterocycles. The highest BCUT2D eigenvalue weighted by Gasteiger charge is 2.72. The van der Waals surface area contributed by atoms with Crippen LogP contribution in [-0.2, 0) is 9.53 Å². The molecule has 2 N–H and O–H groups in total. The Balaban J connectivity index is 1.62. The van der Waals surface area contributed by atoms with E-state index in [0.29, 0.717) is 6.04 Å². The van der Waals surface area contributed by atoms with Crippen LogP contribution in [-0.4, -0.2) is 41.6 Å². The Kier molecular flexibility index (Phi) is 2.97. The molecule has 2 saturated carbocycles. The molecule has 118 valence electrons. The second kappa shape index (κ2) is 4.45. The van der Waals surface area contributed by atoms with Crippen molar-refractivity contribution in [2.24, 2.45) is 23.0 Å². The van der Waals surface area contributed by atoms with Crippen molar-refractivity contribution < 1.29 is 9.53 Å². The first kappa shape index (κ1) is 14.0. The summed E-state index contributed by atoms with van der Waals surface area (Å²) >= 11 is 0. The first-order chi connectivity index (χ1) is 9.98. The minimum absolute atomic E-state index is 0.176. The lowest BCUT2D eigenvalue weighted by atomic mass is 9.47. The third kappa shape index (κ3) is 1.61. The molecule has 0 bridgehead atoms. The quantitative estimate of drug-likeness (QED) is 0.803. The highest BCUT2D eigenvalue weighted by Crippen LogP contribution is 2.59. The van der Waals surface area contributed by atoms with Crippen molar-refractivity contribution in [3.05, 3.63) is 0 Å². The Hall–Kier alpha value is -0.610. The van der Waals surface area contributed by atoms with Gasteiger partial charge in [0.05, 0.1) is 6.10 Å². The van der Waals surface area contributed by atoms with Crippen molar-refractivity contribution in [1.82, 2.24) is 4.90 Å². The third-order valence-electron chi connectivity index (χ3n) is 7.06. The number of hydrogen-bond acceptors (Lipinski definition) is 3. The van der Waals surface area contributed by atoms with E-state index >= 15 is 0 Å². The van der Waals surface area contributed by atoms with Crippen LogP contribution in [0.1, 0.15) is 52.4 Å². The molecule has 0 aromatic carbocycles. The Morgan fingerprint density at radius 3 is 2.76 bits per heavy atom. The number of rotatable bonds is 1. The molecule has 4 rings (SSSR count). The number of hydrogen-bond donors (Lipinski definition) is 1. The van der Waals surface area contributed by atoms with Crippen LogP contribution in [0.2, 0.25) is 0 Å². The largest absolute Gasteiger partial charge is 0.377 e. The first-order valence-electron chi connectivity index (χ1n) is 8.69. The zero-order valence-electron chi connectivity index (χ0n) is 13.3. The van der Waals surface area contributed by atoms with Crippen molar-refractivity contribution in [3.63, 3.8) is 0 Å². The normalized spacial score (nSPS) is 47.7. The van der Waals surface area contributed by atoms with Gasteiger partial charge in [-0.2, -0.15) is 0 Å². The Bertz CT molecular complexity index is 464. The maximum atomic E-state index is 13.3. The monoisotopic (exact) mass is 292 g/mol. The van der Waals surface area contributed by atoms with Gasteiger partial charge in [-0.25, -0.2) is 0 Å². The lowest BCUT2D eigenvalue weighted by Crippen LogP contribution is -2.81. The minimum Gasteiger partial charge on any atom is -0.377 e. The van der Waals surface area contributed by atoms with Crippen LogP contribution in [0.4, 0.5) is 0 Å². The van der Waals surface area contributed by atoms with E-state index in [4.69, 9.17) is 10.5 Å². The van der Waals surface area contributed by atoms with Gasteiger partial charge < -0.3 is 15.4 Å². The van der Waals surface area contributed by atoms with Gasteiger partial charge in [-0.15, -0.1) is 0 Å². The summed E-state index contributed by atoms with van der Waals surface area (Å²) in [4.78, 5) is 15.5. The number of ether oxygens (including phenoxy) is 1. The molecular weight excluding hydrogens is 264 g/mol. The standard InChI is InChI=1S/C17H28N2O2/c1-16(2)14-12(8-10-21-14)17(16,18)15(20)19-9-4-6-11-5-3-7-13(11)19/h11-14H,3-10,18H2,1-2H3. The Labute approximate surface area is 127 Å². The van der Waals surface area contributed by atoms with Gasteiger partial charge in [0, 0.05) is 30.5 Å². The predicted molar refractivity (Wildman–Crippen MR) is 80.6 cm³/mol.